The first-order chi connectivity index (χ1) is 8.91. The Labute approximate surface area is 116 Å². The van der Waals surface area contributed by atoms with Gasteiger partial charge in [-0.2, -0.15) is 4.98 Å². The molecule has 0 bridgehead atoms. The van der Waals surface area contributed by atoms with Gasteiger partial charge in [0.1, 0.15) is 0 Å². The number of carbonyl (C=O) groups excluding carboxylic acids is 1. The Morgan fingerprint density at radius 1 is 1.42 bits per heavy atom. The Kier molecular flexibility index (Phi) is 2.74. The number of nitrogens with zero attached hydrogens (tertiary/aromatic N) is 3. The molecule has 0 saturated carbocycles. The molecule has 102 valence electrons. The van der Waals surface area contributed by atoms with Gasteiger partial charge in [0, 0.05) is 17.7 Å². The van der Waals surface area contributed by atoms with E-state index in [4.69, 9.17) is 0 Å². The fraction of sp³-hybridized carbons (Fsp3) is 0.615. The number of rotatable bonds is 1. The maximum Gasteiger partial charge on any atom is 0.227 e. The first kappa shape index (κ1) is 12.7. The highest BCUT2D eigenvalue weighted by Gasteiger charge is 2.39. The summed E-state index contributed by atoms with van der Waals surface area (Å²) in [6.45, 7) is 6.29. The van der Waals surface area contributed by atoms with Gasteiger partial charge < -0.3 is 5.32 Å². The SMILES string of the molecule is CSc1nc2n(n1)C(C)C1=C(CC(C)(C)CC1=O)N2. The molecule has 1 aliphatic carbocycles. The lowest BCUT2D eigenvalue weighted by molar-refractivity contribution is -0.118. The summed E-state index contributed by atoms with van der Waals surface area (Å²) in [6.07, 6.45) is 3.45. The van der Waals surface area contributed by atoms with Crippen LogP contribution in [0.25, 0.3) is 0 Å². The van der Waals surface area contributed by atoms with Crippen LogP contribution in [0.2, 0.25) is 0 Å². The number of Topliss-reactive ketones (excluding diaryl/α,β-unsaturated/α-hetero) is 1. The Morgan fingerprint density at radius 2 is 2.16 bits per heavy atom. The molecule has 0 aromatic carbocycles. The summed E-state index contributed by atoms with van der Waals surface area (Å²) >= 11 is 1.51. The molecule has 0 saturated heterocycles. The van der Waals surface area contributed by atoms with E-state index in [1.54, 1.807) is 0 Å². The summed E-state index contributed by atoms with van der Waals surface area (Å²) in [6, 6.07) is -0.0248. The van der Waals surface area contributed by atoms with Crippen molar-refractivity contribution in [3.8, 4) is 0 Å². The van der Waals surface area contributed by atoms with Gasteiger partial charge in [-0.1, -0.05) is 25.6 Å². The van der Waals surface area contributed by atoms with Gasteiger partial charge >= 0.3 is 0 Å². The average molecular weight is 278 g/mol. The number of hydrogen-bond donors (Lipinski definition) is 1. The molecule has 2 aliphatic rings. The number of aromatic nitrogens is 3. The molecule has 5 nitrogen and oxygen atoms in total. The van der Waals surface area contributed by atoms with Gasteiger partial charge in [0.05, 0.1) is 6.04 Å². The highest BCUT2D eigenvalue weighted by Crippen LogP contribution is 2.43. The zero-order valence-corrected chi connectivity index (χ0v) is 12.5. The number of fused-ring (bicyclic) bond motifs is 1. The summed E-state index contributed by atoms with van der Waals surface area (Å²) in [7, 11) is 0. The second-order valence-electron chi connectivity index (χ2n) is 6.00. The first-order valence-corrected chi connectivity index (χ1v) is 7.67. The number of ketones is 1. The van der Waals surface area contributed by atoms with Gasteiger partial charge in [0.2, 0.25) is 11.1 Å². The Hall–Kier alpha value is -1.30. The lowest BCUT2D eigenvalue weighted by Gasteiger charge is -2.36. The zero-order chi connectivity index (χ0) is 13.8. The van der Waals surface area contributed by atoms with Crippen molar-refractivity contribution in [2.75, 3.05) is 11.6 Å². The molecule has 0 radical (unpaired) electrons. The minimum atomic E-state index is -0.0248. The van der Waals surface area contributed by atoms with E-state index < -0.39 is 0 Å². The summed E-state index contributed by atoms with van der Waals surface area (Å²) in [5, 5.41) is 8.47. The van der Waals surface area contributed by atoms with Crippen LogP contribution in [-0.4, -0.2) is 26.8 Å². The van der Waals surface area contributed by atoms with Crippen molar-refractivity contribution in [3.63, 3.8) is 0 Å². The average Bonchev–Trinajstić information content (AvgIpc) is 2.70. The fourth-order valence-electron chi connectivity index (χ4n) is 2.93. The van der Waals surface area contributed by atoms with Crippen molar-refractivity contribution < 1.29 is 4.79 Å². The van der Waals surface area contributed by atoms with Crippen LogP contribution in [0.3, 0.4) is 0 Å². The molecule has 1 aromatic heterocycles. The number of allylic oxidation sites excluding steroid dienone is 2. The van der Waals surface area contributed by atoms with Gasteiger partial charge in [-0.25, -0.2) is 4.68 Å². The van der Waals surface area contributed by atoms with Crippen molar-refractivity contribution in [1.29, 1.82) is 0 Å². The minimum Gasteiger partial charge on any atom is -0.328 e. The topological polar surface area (TPSA) is 59.8 Å². The van der Waals surface area contributed by atoms with E-state index in [1.807, 2.05) is 17.9 Å². The van der Waals surface area contributed by atoms with Crippen molar-refractivity contribution in [1.82, 2.24) is 14.8 Å². The van der Waals surface area contributed by atoms with Gasteiger partial charge in [-0.15, -0.1) is 5.10 Å². The molecule has 1 aromatic rings. The third-order valence-electron chi connectivity index (χ3n) is 3.76. The lowest BCUT2D eigenvalue weighted by atomic mass is 9.74. The van der Waals surface area contributed by atoms with Crippen molar-refractivity contribution in [2.45, 2.75) is 44.8 Å². The highest BCUT2D eigenvalue weighted by molar-refractivity contribution is 7.98. The molecule has 19 heavy (non-hydrogen) atoms. The summed E-state index contributed by atoms with van der Waals surface area (Å²) in [5.41, 5.74) is 1.93. The van der Waals surface area contributed by atoms with Crippen LogP contribution in [0, 0.1) is 5.41 Å². The standard InChI is InChI=1S/C13H18N4OS/c1-7-10-8(5-13(2,3)6-9(10)18)14-11-15-12(19-4)16-17(7)11/h7H,5-6H2,1-4H3,(H,14,15,16). The highest BCUT2D eigenvalue weighted by atomic mass is 32.2. The third-order valence-corrected chi connectivity index (χ3v) is 4.30. The molecule has 0 spiro atoms. The van der Waals surface area contributed by atoms with Gasteiger partial charge in [0.25, 0.3) is 0 Å². The first-order valence-electron chi connectivity index (χ1n) is 6.45. The molecular formula is C13H18N4OS. The predicted molar refractivity (Wildman–Crippen MR) is 75.2 cm³/mol. The van der Waals surface area contributed by atoms with E-state index in [9.17, 15) is 4.79 Å². The molecule has 3 rings (SSSR count). The van der Waals surface area contributed by atoms with Crippen molar-refractivity contribution in [2.24, 2.45) is 5.41 Å². The molecule has 1 aliphatic heterocycles. The third kappa shape index (κ3) is 1.98. The van der Waals surface area contributed by atoms with E-state index in [1.165, 1.54) is 11.8 Å². The van der Waals surface area contributed by atoms with E-state index in [-0.39, 0.29) is 17.2 Å². The maximum atomic E-state index is 12.4. The lowest BCUT2D eigenvalue weighted by Crippen LogP contribution is -2.35. The van der Waals surface area contributed by atoms with Crippen LogP contribution in [0.5, 0.6) is 0 Å². The second-order valence-corrected chi connectivity index (χ2v) is 6.77. The Balaban J connectivity index is 2.05. The Morgan fingerprint density at radius 3 is 2.84 bits per heavy atom. The Bertz CT molecular complexity index is 587. The van der Waals surface area contributed by atoms with Crippen LogP contribution < -0.4 is 5.32 Å². The molecule has 0 fully saturated rings. The molecule has 1 N–H and O–H groups in total. The monoisotopic (exact) mass is 278 g/mol. The number of hydrogen-bond acceptors (Lipinski definition) is 5. The largest absolute Gasteiger partial charge is 0.328 e. The van der Waals surface area contributed by atoms with Crippen LogP contribution in [-0.2, 0) is 4.79 Å². The fourth-order valence-corrected chi connectivity index (χ4v) is 3.28. The van der Waals surface area contributed by atoms with Crippen molar-refractivity contribution >= 4 is 23.5 Å². The van der Waals surface area contributed by atoms with E-state index in [0.29, 0.717) is 6.42 Å². The van der Waals surface area contributed by atoms with Gasteiger partial charge in [-0.3, -0.25) is 4.79 Å². The van der Waals surface area contributed by atoms with Crippen molar-refractivity contribution in [3.05, 3.63) is 11.3 Å². The van der Waals surface area contributed by atoms with Crippen LogP contribution in [0.1, 0.15) is 39.7 Å². The normalized spacial score (nSPS) is 24.8. The second kappa shape index (κ2) is 4.10. The van der Waals surface area contributed by atoms with Crippen LogP contribution in [0.4, 0.5) is 5.95 Å². The molecule has 0 amide bonds. The van der Waals surface area contributed by atoms with E-state index in [2.05, 4.69) is 29.2 Å². The number of anilines is 1. The maximum absolute atomic E-state index is 12.4. The minimum absolute atomic E-state index is 0.0210. The van der Waals surface area contributed by atoms with Crippen LogP contribution in [0.15, 0.2) is 16.4 Å². The molecule has 1 atom stereocenters. The number of nitrogens with one attached hydrogen (secondary N) is 1. The quantitative estimate of drug-likeness (QED) is 0.800. The predicted octanol–water partition coefficient (Wildman–Crippen LogP) is 2.63. The van der Waals surface area contributed by atoms with Gasteiger partial charge in [0.15, 0.2) is 5.78 Å². The summed E-state index contributed by atoms with van der Waals surface area (Å²) in [4.78, 5) is 16.8. The van der Waals surface area contributed by atoms with Gasteiger partial charge in [-0.05, 0) is 25.0 Å². The van der Waals surface area contributed by atoms with Crippen LogP contribution >= 0.6 is 11.8 Å². The van der Waals surface area contributed by atoms with E-state index in [0.717, 1.165) is 28.8 Å². The molecular weight excluding hydrogens is 260 g/mol. The smallest absolute Gasteiger partial charge is 0.227 e. The summed E-state index contributed by atoms with van der Waals surface area (Å²) in [5.74, 6) is 0.985. The summed E-state index contributed by atoms with van der Waals surface area (Å²) < 4.78 is 1.82. The van der Waals surface area contributed by atoms with E-state index >= 15 is 0 Å². The number of thioether (sulfide) groups is 1. The zero-order valence-electron chi connectivity index (χ0n) is 11.6. The number of carbonyl (C=O) groups is 1. The molecule has 2 heterocycles. The molecule has 1 unspecified atom stereocenters. The molecule has 6 heteroatoms.